The molecule has 190 valence electrons. The van der Waals surface area contributed by atoms with E-state index in [2.05, 4.69) is 15.1 Å². The van der Waals surface area contributed by atoms with E-state index >= 15 is 0 Å². The average molecular weight is 555 g/mol. The molecule has 0 amide bonds. The maximum Gasteiger partial charge on any atom is 0.284 e. The van der Waals surface area contributed by atoms with Gasteiger partial charge in [0.15, 0.2) is 11.5 Å². The van der Waals surface area contributed by atoms with Crippen LogP contribution in [0.15, 0.2) is 64.8 Å². The SMILES string of the molecule is CS(=O)(=O)c1nc(N2CCCC([SiH3])C2c2nn3ccc(Cl)c3c(=O)n2-c2ccccc2)n2nccc2n1. The minimum absolute atomic E-state index is 0.182. The molecule has 0 saturated carbocycles. The van der Waals surface area contributed by atoms with Gasteiger partial charge in [0.2, 0.25) is 15.8 Å². The maximum absolute atomic E-state index is 13.9. The Morgan fingerprint density at radius 2 is 1.89 bits per heavy atom. The van der Waals surface area contributed by atoms with E-state index in [1.165, 1.54) is 9.03 Å². The Morgan fingerprint density at radius 3 is 2.65 bits per heavy atom. The highest BCUT2D eigenvalue weighted by molar-refractivity contribution is 7.90. The molecule has 5 aromatic rings. The first kappa shape index (κ1) is 23.8. The topological polar surface area (TPSA) is 120 Å². The van der Waals surface area contributed by atoms with Crippen LogP contribution in [0.3, 0.4) is 0 Å². The molecule has 0 bridgehead atoms. The maximum atomic E-state index is 13.9. The quantitative estimate of drug-likeness (QED) is 0.306. The smallest absolute Gasteiger partial charge is 0.284 e. The van der Waals surface area contributed by atoms with Gasteiger partial charge >= 0.3 is 0 Å². The Labute approximate surface area is 219 Å². The number of hydrogen-bond acceptors (Lipinski definition) is 8. The summed E-state index contributed by atoms with van der Waals surface area (Å²) in [5, 5.41) is 9.33. The number of anilines is 1. The van der Waals surface area contributed by atoms with Gasteiger partial charge in [-0.3, -0.25) is 9.36 Å². The van der Waals surface area contributed by atoms with Gasteiger partial charge in [-0.05, 0) is 36.6 Å². The second-order valence-electron chi connectivity index (χ2n) is 9.23. The van der Waals surface area contributed by atoms with E-state index in [9.17, 15) is 13.2 Å². The molecular formula is C23H23ClN8O3SSi. The van der Waals surface area contributed by atoms with E-state index in [1.54, 1.807) is 29.1 Å². The van der Waals surface area contributed by atoms with Crippen molar-refractivity contribution in [3.8, 4) is 5.69 Å². The van der Waals surface area contributed by atoms with Crippen LogP contribution < -0.4 is 10.5 Å². The van der Waals surface area contributed by atoms with Crippen molar-refractivity contribution in [1.82, 2.24) is 33.8 Å². The molecule has 6 rings (SSSR count). The molecule has 2 atom stereocenters. The van der Waals surface area contributed by atoms with E-state index in [1.807, 2.05) is 35.2 Å². The van der Waals surface area contributed by atoms with E-state index in [0.717, 1.165) is 29.3 Å². The lowest BCUT2D eigenvalue weighted by Crippen LogP contribution is -2.42. The van der Waals surface area contributed by atoms with E-state index < -0.39 is 9.84 Å². The van der Waals surface area contributed by atoms with E-state index in [4.69, 9.17) is 16.7 Å². The van der Waals surface area contributed by atoms with Crippen LogP contribution in [0.2, 0.25) is 10.6 Å². The largest absolute Gasteiger partial charge is 0.330 e. The van der Waals surface area contributed by atoms with Crippen LogP contribution in [-0.2, 0) is 9.84 Å². The van der Waals surface area contributed by atoms with Crippen molar-refractivity contribution in [3.05, 3.63) is 76.1 Å². The van der Waals surface area contributed by atoms with Crippen molar-refractivity contribution in [1.29, 1.82) is 0 Å². The van der Waals surface area contributed by atoms with Gasteiger partial charge in [0.25, 0.3) is 10.7 Å². The van der Waals surface area contributed by atoms with Gasteiger partial charge < -0.3 is 4.90 Å². The zero-order chi connectivity index (χ0) is 25.9. The molecule has 1 aliphatic rings. The third kappa shape index (κ3) is 3.93. The molecule has 14 heteroatoms. The summed E-state index contributed by atoms with van der Waals surface area (Å²) in [5.74, 6) is 0.871. The number of sulfone groups is 1. The van der Waals surface area contributed by atoms with Crippen LogP contribution in [-0.4, -0.2) is 65.2 Å². The van der Waals surface area contributed by atoms with Gasteiger partial charge in [-0.2, -0.15) is 24.7 Å². The number of hydrogen-bond donors (Lipinski definition) is 0. The number of benzene rings is 1. The molecule has 0 aliphatic carbocycles. The van der Waals surface area contributed by atoms with Crippen LogP contribution in [0.25, 0.3) is 16.9 Å². The fraction of sp³-hybridized carbons (Fsp3) is 0.261. The molecule has 1 aromatic carbocycles. The molecule has 0 spiro atoms. The summed E-state index contributed by atoms with van der Waals surface area (Å²) in [6.07, 6.45) is 6.13. The van der Waals surface area contributed by atoms with Gasteiger partial charge in [-0.25, -0.2) is 12.9 Å². The number of para-hydroxylation sites is 1. The van der Waals surface area contributed by atoms with Crippen LogP contribution in [0, 0.1) is 0 Å². The zero-order valence-electron chi connectivity index (χ0n) is 20.1. The zero-order valence-corrected chi connectivity index (χ0v) is 23.6. The second kappa shape index (κ2) is 8.78. The third-order valence-electron chi connectivity index (χ3n) is 6.68. The fourth-order valence-corrected chi connectivity index (χ4v) is 6.81. The van der Waals surface area contributed by atoms with Crippen LogP contribution in [0.4, 0.5) is 5.95 Å². The van der Waals surface area contributed by atoms with Gasteiger partial charge in [-0.15, -0.1) is 0 Å². The fourth-order valence-electron chi connectivity index (χ4n) is 5.01. The Kier molecular flexibility index (Phi) is 5.65. The number of piperidine rings is 1. The minimum atomic E-state index is -3.68. The van der Waals surface area contributed by atoms with Crippen molar-refractivity contribution < 1.29 is 8.42 Å². The predicted octanol–water partition coefficient (Wildman–Crippen LogP) is 1.48. The lowest BCUT2D eigenvalue weighted by atomic mass is 10.0. The first-order valence-corrected chi connectivity index (χ1v) is 15.2. The highest BCUT2D eigenvalue weighted by Crippen LogP contribution is 2.40. The van der Waals surface area contributed by atoms with Crippen molar-refractivity contribution in [2.24, 2.45) is 0 Å². The standard InChI is InChI=1S/C23H23ClN8O3SSi/c1-36(34,35)22-26-17-9-11-25-32(17)23(27-22)29-12-5-8-16(37)19(29)20-28-30-13-10-15(24)18(30)21(33)31(20)14-6-3-2-4-7-14/h2-4,6-7,9-11,13,16,19H,5,8,12H2,1,37H3. The second-order valence-corrected chi connectivity index (χ2v) is 13.0. The molecule has 0 N–H and O–H groups in total. The van der Waals surface area contributed by atoms with Crippen molar-refractivity contribution >= 4 is 48.8 Å². The van der Waals surface area contributed by atoms with E-state index in [-0.39, 0.29) is 27.8 Å². The molecule has 11 nitrogen and oxygen atoms in total. The molecule has 4 aromatic heterocycles. The van der Waals surface area contributed by atoms with Crippen LogP contribution in [0.5, 0.6) is 0 Å². The Morgan fingerprint density at radius 1 is 1.11 bits per heavy atom. The molecule has 1 saturated heterocycles. The highest BCUT2D eigenvalue weighted by atomic mass is 35.5. The average Bonchev–Trinajstić information content (AvgIpc) is 3.50. The number of nitrogens with zero attached hydrogens (tertiary/aromatic N) is 8. The minimum Gasteiger partial charge on any atom is -0.330 e. The summed E-state index contributed by atoms with van der Waals surface area (Å²) in [7, 11) is -2.88. The highest BCUT2D eigenvalue weighted by Gasteiger charge is 2.37. The predicted molar refractivity (Wildman–Crippen MR) is 143 cm³/mol. The van der Waals surface area contributed by atoms with Crippen molar-refractivity contribution in [2.75, 3.05) is 17.7 Å². The lowest BCUT2D eigenvalue weighted by Gasteiger charge is -2.40. The van der Waals surface area contributed by atoms with Gasteiger partial charge in [-0.1, -0.05) is 29.8 Å². The normalized spacial score (nSPS) is 18.7. The molecule has 5 heterocycles. The first-order valence-electron chi connectivity index (χ1n) is 11.8. The van der Waals surface area contributed by atoms with Gasteiger partial charge in [0.1, 0.15) is 5.52 Å². The Hall–Kier alpha value is -3.55. The van der Waals surface area contributed by atoms with Crippen LogP contribution in [0.1, 0.15) is 24.7 Å². The number of halogens is 1. The van der Waals surface area contributed by atoms with Gasteiger partial charge in [0, 0.05) is 35.3 Å². The van der Waals surface area contributed by atoms with Crippen molar-refractivity contribution in [3.63, 3.8) is 0 Å². The first-order chi connectivity index (χ1) is 17.7. The molecule has 37 heavy (non-hydrogen) atoms. The number of rotatable bonds is 4. The molecular weight excluding hydrogens is 532 g/mol. The van der Waals surface area contributed by atoms with E-state index in [0.29, 0.717) is 34.7 Å². The lowest BCUT2D eigenvalue weighted by molar-refractivity contribution is 0.430. The van der Waals surface area contributed by atoms with Gasteiger partial charge in [0.05, 0.1) is 22.9 Å². The van der Waals surface area contributed by atoms with Crippen molar-refractivity contribution in [2.45, 2.75) is 29.6 Å². The monoisotopic (exact) mass is 554 g/mol. The molecule has 1 fully saturated rings. The Bertz CT molecular complexity index is 1820. The number of fused-ring (bicyclic) bond motifs is 2. The third-order valence-corrected chi connectivity index (χ3v) is 9.04. The molecule has 0 radical (unpaired) electrons. The summed E-state index contributed by atoms with van der Waals surface area (Å²) in [4.78, 5) is 24.5. The molecule has 1 aliphatic heterocycles. The number of aromatic nitrogens is 7. The summed E-state index contributed by atoms with van der Waals surface area (Å²) < 4.78 is 29.5. The summed E-state index contributed by atoms with van der Waals surface area (Å²) >= 11 is 6.38. The van der Waals surface area contributed by atoms with Crippen LogP contribution >= 0.6 is 11.6 Å². The summed E-state index contributed by atoms with van der Waals surface area (Å²) in [5.41, 5.74) is 1.23. The summed E-state index contributed by atoms with van der Waals surface area (Å²) in [6, 6.07) is 12.2. The summed E-state index contributed by atoms with van der Waals surface area (Å²) in [6.45, 7) is 0.577. The Balaban J connectivity index is 1.65. The molecule has 2 unspecified atom stereocenters.